The van der Waals surface area contributed by atoms with E-state index in [1.165, 1.54) is 0 Å². The summed E-state index contributed by atoms with van der Waals surface area (Å²) in [4.78, 5) is 26.6. The van der Waals surface area contributed by atoms with E-state index in [0.29, 0.717) is 10.6 Å². The number of nitrogens with one attached hydrogen (secondary N) is 1. The zero-order valence-corrected chi connectivity index (χ0v) is 27.5. The molecular weight excluding hydrogens is 541 g/mol. The number of rotatable bonds is 7. The summed E-state index contributed by atoms with van der Waals surface area (Å²) in [6.45, 7) is 19.0. The van der Waals surface area contributed by atoms with E-state index >= 15 is 0 Å². The first-order valence-electron chi connectivity index (χ1n) is 14.6. The summed E-state index contributed by atoms with van der Waals surface area (Å²) in [5.74, 6) is 0.912. The van der Waals surface area contributed by atoms with Crippen LogP contribution in [0.5, 0.6) is 0 Å². The van der Waals surface area contributed by atoms with Gasteiger partial charge in [0, 0.05) is 0 Å². The summed E-state index contributed by atoms with van der Waals surface area (Å²) >= 11 is -0.196. The van der Waals surface area contributed by atoms with Crippen LogP contribution in [0, 0.1) is 23.7 Å². The molecular formula is C31H53NO3SeSi. The van der Waals surface area contributed by atoms with Crippen LogP contribution in [0.15, 0.2) is 30.3 Å². The summed E-state index contributed by atoms with van der Waals surface area (Å²) in [6, 6.07) is 10.2. The molecule has 1 heterocycles. The van der Waals surface area contributed by atoms with Crippen molar-refractivity contribution in [2.45, 2.75) is 117 Å². The third-order valence-corrected chi connectivity index (χ3v) is 15.5. The molecule has 0 saturated carbocycles. The van der Waals surface area contributed by atoms with Crippen LogP contribution in [0.3, 0.4) is 0 Å². The molecule has 0 radical (unpaired) electrons. The van der Waals surface area contributed by atoms with Gasteiger partial charge in [0.05, 0.1) is 0 Å². The third kappa shape index (κ3) is 9.95. The minimum atomic E-state index is -1.93. The van der Waals surface area contributed by atoms with Crippen LogP contribution in [-0.4, -0.2) is 46.5 Å². The van der Waals surface area contributed by atoms with Gasteiger partial charge in [-0.1, -0.05) is 0 Å². The molecule has 1 saturated heterocycles. The van der Waals surface area contributed by atoms with Gasteiger partial charge in [-0.15, -0.1) is 0 Å². The van der Waals surface area contributed by atoms with E-state index in [0.717, 1.165) is 62.4 Å². The molecule has 4 nitrogen and oxygen atoms in total. The summed E-state index contributed by atoms with van der Waals surface area (Å²) in [5.41, 5.74) is 0. The second-order valence-electron chi connectivity index (χ2n) is 12.6. The van der Waals surface area contributed by atoms with Crippen LogP contribution in [0.2, 0.25) is 18.1 Å². The van der Waals surface area contributed by atoms with Crippen molar-refractivity contribution < 1.29 is 14.0 Å². The molecule has 6 heteroatoms. The molecule has 1 N–H and O–H groups in total. The SMILES string of the molecule is CC[C@@H]1CCC(C(=O)[Se]c2ccccc2)[C@H](C)CC[C@@H](O[Si](C)(C)C(C)(C)C)[C@H](CC)CCCNC1=O. The molecule has 1 aliphatic heterocycles. The molecule has 1 amide bonds. The van der Waals surface area contributed by atoms with Gasteiger partial charge in [0.1, 0.15) is 0 Å². The first kappa shape index (κ1) is 32.3. The van der Waals surface area contributed by atoms with Crippen molar-refractivity contribution in [1.29, 1.82) is 0 Å². The van der Waals surface area contributed by atoms with Crippen LogP contribution in [-0.2, 0) is 14.0 Å². The van der Waals surface area contributed by atoms with E-state index in [1.807, 2.05) is 18.2 Å². The molecule has 1 aromatic carbocycles. The fraction of sp³-hybridized carbons (Fsp3) is 0.742. The van der Waals surface area contributed by atoms with Gasteiger partial charge < -0.3 is 0 Å². The molecule has 1 aliphatic rings. The summed E-state index contributed by atoms with van der Waals surface area (Å²) < 4.78 is 8.59. The second kappa shape index (κ2) is 15.0. The van der Waals surface area contributed by atoms with Crippen LogP contribution in [0.1, 0.15) is 92.9 Å². The topological polar surface area (TPSA) is 55.4 Å². The van der Waals surface area contributed by atoms with E-state index in [2.05, 4.69) is 72.1 Å². The summed E-state index contributed by atoms with van der Waals surface area (Å²) in [5, 5.41) is 3.38. The predicted octanol–water partition coefficient (Wildman–Crippen LogP) is 6.71. The number of hydrogen-bond acceptors (Lipinski definition) is 3. The zero-order chi connectivity index (χ0) is 27.6. The molecule has 0 aromatic heterocycles. The van der Waals surface area contributed by atoms with Gasteiger partial charge >= 0.3 is 235 Å². The Labute approximate surface area is 234 Å². The Morgan fingerprint density at radius 2 is 1.70 bits per heavy atom. The maximum absolute atomic E-state index is 13.7. The van der Waals surface area contributed by atoms with Gasteiger partial charge in [-0.05, 0) is 0 Å². The molecule has 0 spiro atoms. The normalized spacial score (nSPS) is 27.2. The Kier molecular flexibility index (Phi) is 13.1. The van der Waals surface area contributed by atoms with E-state index in [-0.39, 0.29) is 49.8 Å². The van der Waals surface area contributed by atoms with Crippen molar-refractivity contribution in [2.75, 3.05) is 6.54 Å². The van der Waals surface area contributed by atoms with E-state index in [9.17, 15) is 9.59 Å². The van der Waals surface area contributed by atoms with Gasteiger partial charge in [0.15, 0.2) is 0 Å². The van der Waals surface area contributed by atoms with Gasteiger partial charge in [-0.2, -0.15) is 0 Å². The van der Waals surface area contributed by atoms with Crippen molar-refractivity contribution >= 4 is 38.3 Å². The fourth-order valence-corrected chi connectivity index (χ4v) is 8.74. The minimum absolute atomic E-state index is 0.00130. The first-order valence-corrected chi connectivity index (χ1v) is 19.2. The van der Waals surface area contributed by atoms with Gasteiger partial charge in [-0.25, -0.2) is 0 Å². The summed E-state index contributed by atoms with van der Waals surface area (Å²) in [6.07, 6.45) is 7.78. The molecule has 210 valence electrons. The summed E-state index contributed by atoms with van der Waals surface area (Å²) in [7, 11) is -1.93. The van der Waals surface area contributed by atoms with E-state index in [1.54, 1.807) is 0 Å². The average Bonchev–Trinajstić information content (AvgIpc) is 2.83. The number of carbonyl (C=O) groups excluding carboxylic acids is 2. The number of amides is 1. The van der Waals surface area contributed by atoms with Gasteiger partial charge in [-0.3, -0.25) is 0 Å². The molecule has 0 aliphatic carbocycles. The van der Waals surface area contributed by atoms with E-state index in [4.69, 9.17) is 4.43 Å². The number of carbonyl (C=O) groups is 2. The van der Waals surface area contributed by atoms with Crippen LogP contribution in [0.4, 0.5) is 0 Å². The molecule has 5 atom stereocenters. The Morgan fingerprint density at radius 3 is 2.30 bits per heavy atom. The van der Waals surface area contributed by atoms with Crippen molar-refractivity contribution in [3.63, 3.8) is 0 Å². The standard InChI is InChI=1S/C31H53NO3SeSi/c1-9-24-15-14-22-32-29(33)25(10-2)19-20-27(30(34)36-26-16-12-11-13-17-26)23(3)18-21-28(24)35-37(7,8)31(4,5)6/h11-13,16-17,23-25,27-28H,9-10,14-15,18-22H2,1-8H3,(H,32,33)/t23-,24-,25-,27?,28-/m1/s1. The first-order chi connectivity index (χ1) is 17.4. The Morgan fingerprint density at radius 1 is 1.03 bits per heavy atom. The fourth-order valence-electron chi connectivity index (χ4n) is 5.16. The van der Waals surface area contributed by atoms with Crippen molar-refractivity contribution in [2.24, 2.45) is 23.7 Å². The molecule has 1 fully saturated rings. The van der Waals surface area contributed by atoms with Crippen molar-refractivity contribution in [3.8, 4) is 0 Å². The third-order valence-electron chi connectivity index (χ3n) is 8.90. The molecule has 2 rings (SSSR count). The van der Waals surface area contributed by atoms with Crippen molar-refractivity contribution in [1.82, 2.24) is 5.32 Å². The quantitative estimate of drug-likeness (QED) is 0.357. The van der Waals surface area contributed by atoms with Crippen molar-refractivity contribution in [3.05, 3.63) is 30.3 Å². The predicted molar refractivity (Wildman–Crippen MR) is 160 cm³/mol. The molecule has 1 aromatic rings. The Balaban J connectivity index is 2.30. The monoisotopic (exact) mass is 595 g/mol. The maximum atomic E-state index is 13.7. The van der Waals surface area contributed by atoms with E-state index < -0.39 is 8.32 Å². The van der Waals surface area contributed by atoms with Crippen LogP contribution >= 0.6 is 0 Å². The van der Waals surface area contributed by atoms with Gasteiger partial charge in [0.25, 0.3) is 0 Å². The van der Waals surface area contributed by atoms with Gasteiger partial charge in [0.2, 0.25) is 0 Å². The number of hydrogen-bond donors (Lipinski definition) is 1. The second-order valence-corrected chi connectivity index (χ2v) is 19.6. The molecule has 1 unspecified atom stereocenters. The molecule has 0 bridgehead atoms. The zero-order valence-electron chi connectivity index (χ0n) is 24.8. The van der Waals surface area contributed by atoms with Crippen LogP contribution < -0.4 is 9.78 Å². The van der Waals surface area contributed by atoms with Crippen LogP contribution in [0.25, 0.3) is 0 Å². The Hall–Kier alpha value is -0.944. The average molecular weight is 595 g/mol. The molecule has 37 heavy (non-hydrogen) atoms. The number of benzene rings is 1. The Bertz CT molecular complexity index is 839.